The minimum atomic E-state index is 1.04. The molecule has 1 N–H and O–H groups in total. The molecular weight excluding hydrogens is 182 g/mol. The van der Waals surface area contributed by atoms with Gasteiger partial charge in [0, 0.05) is 0 Å². The predicted molar refractivity (Wildman–Crippen MR) is 68.2 cm³/mol. The van der Waals surface area contributed by atoms with E-state index in [0.717, 1.165) is 13.0 Å². The van der Waals surface area contributed by atoms with Crippen LogP contribution in [0.4, 0.5) is 0 Å². The van der Waals surface area contributed by atoms with Crippen molar-refractivity contribution >= 4 is 6.08 Å². The predicted octanol–water partition coefficient (Wildman–Crippen LogP) is 3.23. The van der Waals surface area contributed by atoms with Crippen molar-refractivity contribution in [3.63, 3.8) is 0 Å². The molecule has 0 fully saturated rings. The molecule has 0 aliphatic carbocycles. The van der Waals surface area contributed by atoms with Crippen LogP contribution in [0.3, 0.4) is 0 Å². The van der Waals surface area contributed by atoms with E-state index in [9.17, 15) is 0 Å². The Kier molecular flexibility index (Phi) is 4.57. The van der Waals surface area contributed by atoms with Gasteiger partial charge < -0.3 is 5.32 Å². The van der Waals surface area contributed by atoms with Gasteiger partial charge in [-0.05, 0) is 57.5 Å². The lowest BCUT2D eigenvalue weighted by atomic mass is 9.99. The van der Waals surface area contributed by atoms with E-state index in [1.54, 1.807) is 0 Å². The Morgan fingerprint density at radius 1 is 1.13 bits per heavy atom. The Labute approximate surface area is 93.2 Å². The van der Waals surface area contributed by atoms with Crippen LogP contribution >= 0.6 is 0 Å². The second-order valence-electron chi connectivity index (χ2n) is 4.11. The topological polar surface area (TPSA) is 12.0 Å². The van der Waals surface area contributed by atoms with Gasteiger partial charge in [-0.3, -0.25) is 0 Å². The van der Waals surface area contributed by atoms with Crippen LogP contribution < -0.4 is 5.32 Å². The van der Waals surface area contributed by atoms with Crippen LogP contribution in [0.15, 0.2) is 18.2 Å². The molecule has 15 heavy (non-hydrogen) atoms. The van der Waals surface area contributed by atoms with Gasteiger partial charge in [-0.1, -0.05) is 29.8 Å². The van der Waals surface area contributed by atoms with Crippen LogP contribution in [0.1, 0.15) is 28.7 Å². The van der Waals surface area contributed by atoms with Crippen molar-refractivity contribution in [2.75, 3.05) is 13.6 Å². The highest BCUT2D eigenvalue weighted by Gasteiger charge is 1.99. The molecule has 0 atom stereocenters. The number of nitrogens with one attached hydrogen (secondary N) is 1. The van der Waals surface area contributed by atoms with E-state index < -0.39 is 0 Å². The minimum Gasteiger partial charge on any atom is -0.319 e. The van der Waals surface area contributed by atoms with Crippen LogP contribution in [-0.2, 0) is 0 Å². The quantitative estimate of drug-likeness (QED) is 0.741. The molecule has 0 amide bonds. The lowest BCUT2D eigenvalue weighted by molar-refractivity contribution is 0.809. The largest absolute Gasteiger partial charge is 0.319 e. The zero-order valence-electron chi connectivity index (χ0n) is 10.2. The number of hydrogen-bond donors (Lipinski definition) is 1. The van der Waals surface area contributed by atoms with Crippen molar-refractivity contribution in [2.45, 2.75) is 27.2 Å². The average Bonchev–Trinajstić information content (AvgIpc) is 2.15. The molecule has 82 valence electrons. The van der Waals surface area contributed by atoms with Gasteiger partial charge in [0.15, 0.2) is 0 Å². The van der Waals surface area contributed by atoms with E-state index in [0.29, 0.717) is 0 Å². The summed E-state index contributed by atoms with van der Waals surface area (Å²) in [6.45, 7) is 7.55. The fourth-order valence-electron chi connectivity index (χ4n) is 1.88. The third kappa shape index (κ3) is 3.52. The molecule has 0 unspecified atom stereocenters. The smallest absolute Gasteiger partial charge is 0.00172 e. The van der Waals surface area contributed by atoms with E-state index in [-0.39, 0.29) is 0 Å². The Hall–Kier alpha value is -1.08. The van der Waals surface area contributed by atoms with Crippen molar-refractivity contribution in [3.05, 3.63) is 40.5 Å². The van der Waals surface area contributed by atoms with Gasteiger partial charge in [-0.25, -0.2) is 0 Å². The maximum Gasteiger partial charge on any atom is -0.00172 e. The lowest BCUT2D eigenvalue weighted by Gasteiger charge is -2.06. The molecule has 0 saturated carbocycles. The maximum absolute atomic E-state index is 3.14. The Bertz CT molecular complexity index is 327. The molecule has 1 rings (SSSR count). The second kappa shape index (κ2) is 5.72. The highest BCUT2D eigenvalue weighted by Crippen LogP contribution is 2.17. The van der Waals surface area contributed by atoms with Gasteiger partial charge >= 0.3 is 0 Å². The number of benzene rings is 1. The van der Waals surface area contributed by atoms with Crippen molar-refractivity contribution < 1.29 is 0 Å². The highest BCUT2D eigenvalue weighted by atomic mass is 14.8. The molecule has 0 spiro atoms. The minimum absolute atomic E-state index is 1.04. The van der Waals surface area contributed by atoms with Crippen LogP contribution in [0, 0.1) is 20.8 Å². The van der Waals surface area contributed by atoms with Gasteiger partial charge in [0.25, 0.3) is 0 Å². The number of aryl methyl sites for hydroxylation is 3. The van der Waals surface area contributed by atoms with Crippen molar-refractivity contribution in [3.8, 4) is 0 Å². The third-order valence-electron chi connectivity index (χ3n) is 2.58. The fourth-order valence-corrected chi connectivity index (χ4v) is 1.88. The maximum atomic E-state index is 3.14. The molecule has 1 aromatic carbocycles. The van der Waals surface area contributed by atoms with Crippen molar-refractivity contribution in [1.29, 1.82) is 0 Å². The SMILES string of the molecule is CNCCC=Cc1c(C)cc(C)cc1C. The average molecular weight is 203 g/mol. The molecular formula is C14H21N. The summed E-state index contributed by atoms with van der Waals surface area (Å²) in [5.74, 6) is 0. The monoisotopic (exact) mass is 203 g/mol. The van der Waals surface area contributed by atoms with Gasteiger partial charge in [-0.2, -0.15) is 0 Å². The fraction of sp³-hybridized carbons (Fsp3) is 0.429. The molecule has 0 aliphatic rings. The van der Waals surface area contributed by atoms with E-state index >= 15 is 0 Å². The molecule has 0 heterocycles. The summed E-state index contributed by atoms with van der Waals surface area (Å²) in [4.78, 5) is 0. The summed E-state index contributed by atoms with van der Waals surface area (Å²) in [6.07, 6.45) is 5.56. The first-order valence-electron chi connectivity index (χ1n) is 5.54. The standard InChI is InChI=1S/C14H21N/c1-11-9-12(2)14(13(3)10-11)7-5-6-8-15-4/h5,7,9-10,15H,6,8H2,1-4H3. The molecule has 0 aliphatic heterocycles. The molecule has 1 aromatic rings. The van der Waals surface area contributed by atoms with E-state index in [4.69, 9.17) is 0 Å². The third-order valence-corrected chi connectivity index (χ3v) is 2.58. The van der Waals surface area contributed by atoms with Gasteiger partial charge in [0.1, 0.15) is 0 Å². The summed E-state index contributed by atoms with van der Waals surface area (Å²) in [5.41, 5.74) is 5.45. The number of rotatable bonds is 4. The summed E-state index contributed by atoms with van der Waals surface area (Å²) in [5, 5.41) is 3.14. The van der Waals surface area contributed by atoms with Gasteiger partial charge in [0.05, 0.1) is 0 Å². The summed E-state index contributed by atoms with van der Waals surface area (Å²) in [7, 11) is 1.98. The van der Waals surface area contributed by atoms with E-state index in [1.807, 2.05) is 7.05 Å². The lowest BCUT2D eigenvalue weighted by Crippen LogP contribution is -2.05. The zero-order chi connectivity index (χ0) is 11.3. The molecule has 0 saturated heterocycles. The van der Waals surface area contributed by atoms with E-state index in [2.05, 4.69) is 50.4 Å². The van der Waals surface area contributed by atoms with Crippen molar-refractivity contribution in [2.24, 2.45) is 0 Å². The molecule has 1 nitrogen and oxygen atoms in total. The van der Waals surface area contributed by atoms with Crippen LogP contribution in [0.2, 0.25) is 0 Å². The molecule has 1 heteroatoms. The zero-order valence-corrected chi connectivity index (χ0v) is 10.2. The first-order valence-corrected chi connectivity index (χ1v) is 5.54. The second-order valence-corrected chi connectivity index (χ2v) is 4.11. The van der Waals surface area contributed by atoms with E-state index in [1.165, 1.54) is 22.3 Å². The Morgan fingerprint density at radius 3 is 2.27 bits per heavy atom. The highest BCUT2D eigenvalue weighted by molar-refractivity contribution is 5.58. The summed E-state index contributed by atoms with van der Waals surface area (Å²) < 4.78 is 0. The first kappa shape index (κ1) is 12.0. The molecule has 0 aromatic heterocycles. The van der Waals surface area contributed by atoms with Crippen molar-refractivity contribution in [1.82, 2.24) is 5.32 Å². The normalized spacial score (nSPS) is 11.2. The Balaban J connectivity index is 2.80. The summed E-state index contributed by atoms with van der Waals surface area (Å²) >= 11 is 0. The van der Waals surface area contributed by atoms with Crippen LogP contribution in [-0.4, -0.2) is 13.6 Å². The first-order chi connectivity index (χ1) is 7.15. The summed E-state index contributed by atoms with van der Waals surface area (Å²) in [6, 6.07) is 4.48. The van der Waals surface area contributed by atoms with Crippen LogP contribution in [0.25, 0.3) is 6.08 Å². The Morgan fingerprint density at radius 2 is 1.73 bits per heavy atom. The van der Waals surface area contributed by atoms with Gasteiger partial charge in [-0.15, -0.1) is 0 Å². The molecule has 0 radical (unpaired) electrons. The van der Waals surface area contributed by atoms with Crippen LogP contribution in [0.5, 0.6) is 0 Å². The van der Waals surface area contributed by atoms with Gasteiger partial charge in [0.2, 0.25) is 0 Å². The number of hydrogen-bond acceptors (Lipinski definition) is 1. The molecule has 0 bridgehead atoms.